The highest BCUT2D eigenvalue weighted by molar-refractivity contribution is 6.02. The first-order valence-corrected chi connectivity index (χ1v) is 10.9. The molecule has 1 aliphatic rings. The number of nitrogens with one attached hydrogen (secondary N) is 1. The van der Waals surface area contributed by atoms with Crippen LogP contribution in [0.5, 0.6) is 0 Å². The number of amides is 2. The van der Waals surface area contributed by atoms with E-state index in [4.69, 9.17) is 0 Å². The summed E-state index contributed by atoms with van der Waals surface area (Å²) >= 11 is 0. The Morgan fingerprint density at radius 1 is 1.21 bits per heavy atom. The summed E-state index contributed by atoms with van der Waals surface area (Å²) in [4.78, 5) is 29.6. The van der Waals surface area contributed by atoms with Crippen LogP contribution in [-0.2, 0) is 4.79 Å². The maximum atomic E-state index is 13.2. The number of hydrogen-bond donors (Lipinski definition) is 1. The summed E-state index contributed by atoms with van der Waals surface area (Å²) in [5.41, 5.74) is 2.44. The molecule has 1 aromatic carbocycles. The molecule has 5 heteroatoms. The predicted molar refractivity (Wildman–Crippen MR) is 122 cm³/mol. The molecule has 1 atom stereocenters. The third kappa shape index (κ3) is 7.06. The lowest BCUT2D eigenvalue weighted by atomic mass is 9.84. The van der Waals surface area contributed by atoms with E-state index in [1.54, 1.807) is 0 Å². The minimum absolute atomic E-state index is 0.00421. The summed E-state index contributed by atoms with van der Waals surface area (Å²) in [6, 6.07) is 5.65. The summed E-state index contributed by atoms with van der Waals surface area (Å²) < 4.78 is 0. The zero-order chi connectivity index (χ0) is 21.8. The minimum Gasteiger partial charge on any atom is -0.377 e. The third-order valence-corrected chi connectivity index (χ3v) is 5.56. The van der Waals surface area contributed by atoms with E-state index >= 15 is 0 Å². The van der Waals surface area contributed by atoms with Crippen molar-refractivity contribution in [3.63, 3.8) is 0 Å². The van der Waals surface area contributed by atoms with Gasteiger partial charge < -0.3 is 15.1 Å². The van der Waals surface area contributed by atoms with Gasteiger partial charge in [0.2, 0.25) is 5.91 Å². The molecule has 1 N–H and O–H groups in total. The molecule has 0 aromatic heterocycles. The minimum atomic E-state index is 0.00421. The number of piperidine rings is 1. The maximum absolute atomic E-state index is 13.2. The van der Waals surface area contributed by atoms with Crippen molar-refractivity contribution in [2.45, 2.75) is 60.3 Å². The predicted octanol–water partition coefficient (Wildman–Crippen LogP) is 5.03. The van der Waals surface area contributed by atoms with Crippen LogP contribution in [0.2, 0.25) is 0 Å². The summed E-state index contributed by atoms with van der Waals surface area (Å²) in [6.45, 7) is 12.5. The van der Waals surface area contributed by atoms with Gasteiger partial charge in [-0.1, -0.05) is 34.6 Å². The molecule has 29 heavy (non-hydrogen) atoms. The van der Waals surface area contributed by atoms with Gasteiger partial charge in [0.15, 0.2) is 0 Å². The highest BCUT2D eigenvalue weighted by Crippen LogP contribution is 2.28. The molecule has 1 saturated heterocycles. The second kappa shape index (κ2) is 9.64. The largest absolute Gasteiger partial charge is 0.377 e. The monoisotopic (exact) mass is 401 g/mol. The molecule has 2 amide bonds. The Kier molecular flexibility index (Phi) is 7.73. The molecule has 162 valence electrons. The van der Waals surface area contributed by atoms with E-state index in [1.807, 2.05) is 42.1 Å². The van der Waals surface area contributed by atoms with Crippen LogP contribution in [0, 0.1) is 17.3 Å². The van der Waals surface area contributed by atoms with Crippen LogP contribution in [0.4, 0.5) is 11.4 Å². The van der Waals surface area contributed by atoms with E-state index in [0.717, 1.165) is 38.0 Å². The van der Waals surface area contributed by atoms with E-state index < -0.39 is 0 Å². The van der Waals surface area contributed by atoms with Gasteiger partial charge in [0, 0.05) is 45.0 Å². The van der Waals surface area contributed by atoms with E-state index in [2.05, 4.69) is 39.9 Å². The van der Waals surface area contributed by atoms with Gasteiger partial charge in [-0.25, -0.2) is 0 Å². The quantitative estimate of drug-likeness (QED) is 0.728. The fourth-order valence-electron chi connectivity index (χ4n) is 4.20. The van der Waals surface area contributed by atoms with Crippen molar-refractivity contribution in [2.75, 3.05) is 37.4 Å². The molecule has 0 unspecified atom stereocenters. The Labute approximate surface area is 176 Å². The molecule has 0 bridgehead atoms. The average Bonchev–Trinajstić information content (AvgIpc) is 2.59. The van der Waals surface area contributed by atoms with Gasteiger partial charge in [-0.3, -0.25) is 9.59 Å². The number of carbonyl (C=O) groups excluding carboxylic acids is 2. The van der Waals surface area contributed by atoms with Crippen LogP contribution in [0.15, 0.2) is 18.2 Å². The third-order valence-electron chi connectivity index (χ3n) is 5.56. The lowest BCUT2D eigenvalue weighted by molar-refractivity contribution is -0.117. The molecule has 1 fully saturated rings. The lowest BCUT2D eigenvalue weighted by Crippen LogP contribution is -2.38. The number of nitrogens with zero attached hydrogens (tertiary/aromatic N) is 2. The van der Waals surface area contributed by atoms with Crippen molar-refractivity contribution in [3.05, 3.63) is 23.8 Å². The summed E-state index contributed by atoms with van der Waals surface area (Å²) in [5, 5.41) is 3.00. The van der Waals surface area contributed by atoms with Crippen molar-refractivity contribution in [2.24, 2.45) is 17.3 Å². The number of benzene rings is 1. The number of rotatable bonds is 6. The van der Waals surface area contributed by atoms with Gasteiger partial charge in [0.05, 0.1) is 5.56 Å². The van der Waals surface area contributed by atoms with E-state index in [-0.39, 0.29) is 17.2 Å². The van der Waals surface area contributed by atoms with Gasteiger partial charge in [0.25, 0.3) is 5.91 Å². The molecule has 1 aromatic rings. The Bertz CT molecular complexity index is 713. The van der Waals surface area contributed by atoms with Gasteiger partial charge in [-0.05, 0) is 54.7 Å². The molecule has 5 nitrogen and oxygen atoms in total. The van der Waals surface area contributed by atoms with Crippen molar-refractivity contribution in [1.29, 1.82) is 0 Å². The van der Waals surface area contributed by atoms with Crippen molar-refractivity contribution < 1.29 is 9.59 Å². The van der Waals surface area contributed by atoms with Gasteiger partial charge in [-0.2, -0.15) is 0 Å². The standard InChI is InChI=1S/C24H39N3O2/c1-17-10-12-27(13-11-17)23(29)20-15-19(8-9-21(20)26(6)7)25-22(28)14-18(2)16-24(3,4)5/h8-9,15,17-18H,10-14,16H2,1-7H3,(H,25,28)/t18-/m0/s1. The first kappa shape index (κ1) is 23.2. The topological polar surface area (TPSA) is 52.7 Å². The second-order valence-electron chi connectivity index (χ2n) is 10.2. The average molecular weight is 402 g/mol. The highest BCUT2D eigenvalue weighted by Gasteiger charge is 2.24. The number of anilines is 2. The SMILES string of the molecule is CC1CCN(C(=O)c2cc(NC(=O)C[C@H](C)CC(C)(C)C)ccc2N(C)C)CC1. The fraction of sp³-hybridized carbons (Fsp3) is 0.667. The molecule has 1 heterocycles. The number of likely N-dealkylation sites (tertiary alicyclic amines) is 1. The highest BCUT2D eigenvalue weighted by atomic mass is 16.2. The molecule has 0 spiro atoms. The van der Waals surface area contributed by atoms with Crippen molar-refractivity contribution in [3.8, 4) is 0 Å². The van der Waals surface area contributed by atoms with E-state index in [9.17, 15) is 9.59 Å². The van der Waals surface area contributed by atoms with Crippen molar-refractivity contribution in [1.82, 2.24) is 4.90 Å². The number of carbonyl (C=O) groups is 2. The van der Waals surface area contributed by atoms with Crippen LogP contribution in [-0.4, -0.2) is 43.9 Å². The molecular weight excluding hydrogens is 362 g/mol. The maximum Gasteiger partial charge on any atom is 0.256 e. The Morgan fingerprint density at radius 2 is 1.83 bits per heavy atom. The Morgan fingerprint density at radius 3 is 2.38 bits per heavy atom. The zero-order valence-corrected chi connectivity index (χ0v) is 19.3. The summed E-state index contributed by atoms with van der Waals surface area (Å²) in [5.74, 6) is 1.04. The van der Waals surface area contributed by atoms with Crippen molar-refractivity contribution >= 4 is 23.2 Å². The Hall–Kier alpha value is -2.04. The van der Waals surface area contributed by atoms with E-state index in [0.29, 0.717) is 29.5 Å². The van der Waals surface area contributed by atoms with Gasteiger partial charge >= 0.3 is 0 Å². The summed E-state index contributed by atoms with van der Waals surface area (Å²) in [7, 11) is 3.88. The van der Waals surface area contributed by atoms with Crippen LogP contribution in [0.1, 0.15) is 70.7 Å². The van der Waals surface area contributed by atoms with Gasteiger partial charge in [-0.15, -0.1) is 0 Å². The smallest absolute Gasteiger partial charge is 0.256 e. The lowest BCUT2D eigenvalue weighted by Gasteiger charge is -2.31. The molecular formula is C24H39N3O2. The summed E-state index contributed by atoms with van der Waals surface area (Å²) in [6.07, 6.45) is 3.58. The molecule has 1 aliphatic heterocycles. The van der Waals surface area contributed by atoms with Crippen LogP contribution >= 0.6 is 0 Å². The molecule has 0 saturated carbocycles. The zero-order valence-electron chi connectivity index (χ0n) is 19.3. The van der Waals surface area contributed by atoms with Crippen LogP contribution in [0.25, 0.3) is 0 Å². The molecule has 0 aliphatic carbocycles. The second-order valence-corrected chi connectivity index (χ2v) is 10.2. The molecule has 0 radical (unpaired) electrons. The van der Waals surface area contributed by atoms with Crippen LogP contribution < -0.4 is 10.2 Å². The Balaban J connectivity index is 2.13. The number of hydrogen-bond acceptors (Lipinski definition) is 3. The van der Waals surface area contributed by atoms with E-state index in [1.165, 1.54) is 0 Å². The fourth-order valence-corrected chi connectivity index (χ4v) is 4.20. The first-order chi connectivity index (χ1) is 13.5. The molecule has 2 rings (SSSR count). The van der Waals surface area contributed by atoms with Gasteiger partial charge in [0.1, 0.15) is 0 Å². The van der Waals surface area contributed by atoms with Crippen LogP contribution in [0.3, 0.4) is 0 Å². The normalized spacial score (nSPS) is 16.4. The first-order valence-electron chi connectivity index (χ1n) is 10.9.